The molecule has 3 heterocycles. The monoisotopic (exact) mass is 417 g/mol. The van der Waals surface area contributed by atoms with Gasteiger partial charge in [-0.15, -0.1) is 0 Å². The number of aromatic amines is 1. The Morgan fingerprint density at radius 2 is 1.87 bits per heavy atom. The first-order valence-electron chi connectivity index (χ1n) is 11.5. The van der Waals surface area contributed by atoms with E-state index in [-0.39, 0.29) is 5.56 Å². The van der Waals surface area contributed by atoms with Gasteiger partial charge >= 0.3 is 0 Å². The number of hydrogen-bond acceptors (Lipinski definition) is 4. The topological polar surface area (TPSA) is 66.8 Å². The van der Waals surface area contributed by atoms with Crippen LogP contribution in [0.3, 0.4) is 0 Å². The first-order valence-corrected chi connectivity index (χ1v) is 11.5. The van der Waals surface area contributed by atoms with E-state index < -0.39 is 0 Å². The lowest BCUT2D eigenvalue weighted by atomic mass is 9.88. The summed E-state index contributed by atoms with van der Waals surface area (Å²) in [7, 11) is 0. The van der Waals surface area contributed by atoms with Crippen LogP contribution in [-0.2, 0) is 19.5 Å². The molecule has 1 fully saturated rings. The number of aryl methyl sites for hydroxylation is 1. The van der Waals surface area contributed by atoms with Crippen LogP contribution in [-0.4, -0.2) is 31.2 Å². The third kappa shape index (κ3) is 3.97. The fraction of sp³-hybridized carbons (Fsp3) is 0.480. The third-order valence-corrected chi connectivity index (χ3v) is 6.98. The van der Waals surface area contributed by atoms with Crippen LogP contribution in [0.4, 0.5) is 0 Å². The Morgan fingerprint density at radius 1 is 1.10 bits per heavy atom. The van der Waals surface area contributed by atoms with E-state index in [1.807, 2.05) is 22.9 Å². The van der Waals surface area contributed by atoms with E-state index in [1.54, 1.807) is 0 Å². The zero-order chi connectivity index (χ0) is 21.4. The fourth-order valence-electron chi connectivity index (χ4n) is 5.15. The highest BCUT2D eigenvalue weighted by Crippen LogP contribution is 2.31. The molecular formula is C25H31N5O. The first-order chi connectivity index (χ1) is 15.1. The number of nitrogens with zero attached hydrogens (tertiary/aromatic N) is 4. The Morgan fingerprint density at radius 3 is 2.65 bits per heavy atom. The van der Waals surface area contributed by atoms with E-state index in [4.69, 9.17) is 10.1 Å². The minimum absolute atomic E-state index is 0.0590. The van der Waals surface area contributed by atoms with Crippen LogP contribution in [0.25, 0.3) is 5.69 Å². The van der Waals surface area contributed by atoms with E-state index in [2.05, 4.69) is 35.9 Å². The van der Waals surface area contributed by atoms with Gasteiger partial charge in [-0.25, -0.2) is 9.67 Å². The summed E-state index contributed by atoms with van der Waals surface area (Å²) in [4.78, 5) is 23.3. The molecule has 2 aromatic heterocycles. The Hall–Kier alpha value is -2.73. The number of para-hydroxylation sites is 1. The summed E-state index contributed by atoms with van der Waals surface area (Å²) in [6.07, 6.45) is 6.93. The normalized spacial score (nSPS) is 17.6. The molecule has 0 spiro atoms. The van der Waals surface area contributed by atoms with Gasteiger partial charge in [0, 0.05) is 43.2 Å². The van der Waals surface area contributed by atoms with Crippen molar-refractivity contribution in [1.29, 1.82) is 0 Å². The molecule has 162 valence electrons. The molecule has 1 saturated carbocycles. The van der Waals surface area contributed by atoms with Crippen molar-refractivity contribution in [3.05, 3.63) is 74.7 Å². The second-order valence-electron chi connectivity index (χ2n) is 9.07. The number of benzene rings is 1. The minimum Gasteiger partial charge on any atom is -0.310 e. The predicted molar refractivity (Wildman–Crippen MR) is 122 cm³/mol. The molecular weight excluding hydrogens is 386 g/mol. The lowest BCUT2D eigenvalue weighted by Crippen LogP contribution is -2.36. The lowest BCUT2D eigenvalue weighted by molar-refractivity contribution is 0.240. The van der Waals surface area contributed by atoms with Crippen LogP contribution in [0, 0.1) is 13.8 Å². The molecule has 6 nitrogen and oxygen atoms in total. The Bertz CT molecular complexity index is 1120. The van der Waals surface area contributed by atoms with Gasteiger partial charge in [0.25, 0.3) is 5.56 Å². The average molecular weight is 418 g/mol. The van der Waals surface area contributed by atoms with Crippen LogP contribution in [0.2, 0.25) is 0 Å². The number of H-pyrrole nitrogens is 1. The number of nitrogens with one attached hydrogen (secondary N) is 1. The molecule has 0 atom stereocenters. The molecule has 2 aliphatic rings. The summed E-state index contributed by atoms with van der Waals surface area (Å²) in [6.45, 7) is 6.57. The number of hydrogen-bond donors (Lipinski definition) is 1. The summed E-state index contributed by atoms with van der Waals surface area (Å²) in [6, 6.07) is 10.2. The van der Waals surface area contributed by atoms with Crippen LogP contribution in [0.5, 0.6) is 0 Å². The van der Waals surface area contributed by atoms with Gasteiger partial charge in [0.05, 0.1) is 22.6 Å². The van der Waals surface area contributed by atoms with Crippen LogP contribution in [0.1, 0.15) is 72.1 Å². The highest BCUT2D eigenvalue weighted by molar-refractivity contribution is 5.37. The smallest absolute Gasteiger partial charge is 0.255 e. The van der Waals surface area contributed by atoms with Crippen molar-refractivity contribution < 1.29 is 0 Å². The van der Waals surface area contributed by atoms with Crippen molar-refractivity contribution in [2.45, 2.75) is 71.4 Å². The van der Waals surface area contributed by atoms with Gasteiger partial charge < -0.3 is 4.98 Å². The van der Waals surface area contributed by atoms with Gasteiger partial charge in [0.1, 0.15) is 5.82 Å². The Labute approximate surface area is 183 Å². The SMILES string of the molecule is Cc1nn(-c2ccccc2)c(C)c1CN1CCc2nc(C3CCCCC3)[nH]c(=O)c2C1. The van der Waals surface area contributed by atoms with Gasteiger partial charge in [-0.05, 0) is 38.8 Å². The zero-order valence-corrected chi connectivity index (χ0v) is 18.5. The predicted octanol–water partition coefficient (Wildman–Crippen LogP) is 4.18. The maximum absolute atomic E-state index is 12.9. The summed E-state index contributed by atoms with van der Waals surface area (Å²) < 4.78 is 2.02. The summed E-state index contributed by atoms with van der Waals surface area (Å²) in [5.41, 5.74) is 6.44. The average Bonchev–Trinajstić information content (AvgIpc) is 3.09. The van der Waals surface area contributed by atoms with Crippen LogP contribution in [0.15, 0.2) is 35.1 Å². The first kappa shape index (κ1) is 20.2. The minimum atomic E-state index is 0.0590. The second kappa shape index (κ2) is 8.42. The van der Waals surface area contributed by atoms with Gasteiger partial charge in [-0.1, -0.05) is 37.5 Å². The van der Waals surface area contributed by atoms with Crippen LogP contribution < -0.4 is 5.56 Å². The van der Waals surface area contributed by atoms with Crippen molar-refractivity contribution in [2.75, 3.05) is 6.54 Å². The maximum atomic E-state index is 12.9. The molecule has 0 amide bonds. The van der Waals surface area contributed by atoms with Crippen molar-refractivity contribution in [3.63, 3.8) is 0 Å². The molecule has 5 rings (SSSR count). The fourth-order valence-corrected chi connectivity index (χ4v) is 5.15. The maximum Gasteiger partial charge on any atom is 0.255 e. The van der Waals surface area contributed by atoms with Crippen molar-refractivity contribution >= 4 is 0 Å². The number of aromatic nitrogens is 4. The van der Waals surface area contributed by atoms with Gasteiger partial charge in [-0.2, -0.15) is 5.10 Å². The quantitative estimate of drug-likeness (QED) is 0.692. The number of fused-ring (bicyclic) bond motifs is 1. The highest BCUT2D eigenvalue weighted by Gasteiger charge is 2.25. The summed E-state index contributed by atoms with van der Waals surface area (Å²) >= 11 is 0. The number of rotatable bonds is 4. The largest absolute Gasteiger partial charge is 0.310 e. The Balaban J connectivity index is 1.36. The summed E-state index contributed by atoms with van der Waals surface area (Å²) in [5.74, 6) is 1.35. The molecule has 6 heteroatoms. The molecule has 1 N–H and O–H groups in total. The van der Waals surface area contributed by atoms with Gasteiger partial charge in [0.15, 0.2) is 0 Å². The second-order valence-corrected chi connectivity index (χ2v) is 9.07. The van der Waals surface area contributed by atoms with E-state index in [0.29, 0.717) is 12.5 Å². The van der Waals surface area contributed by atoms with Crippen molar-refractivity contribution in [1.82, 2.24) is 24.6 Å². The molecule has 0 saturated heterocycles. The van der Waals surface area contributed by atoms with Gasteiger partial charge in [-0.3, -0.25) is 9.69 Å². The molecule has 1 aliphatic carbocycles. The van der Waals surface area contributed by atoms with Crippen molar-refractivity contribution in [2.24, 2.45) is 0 Å². The van der Waals surface area contributed by atoms with Crippen LogP contribution >= 0.6 is 0 Å². The van der Waals surface area contributed by atoms with E-state index in [0.717, 1.165) is 66.5 Å². The highest BCUT2D eigenvalue weighted by atomic mass is 16.1. The molecule has 31 heavy (non-hydrogen) atoms. The van der Waals surface area contributed by atoms with E-state index in [9.17, 15) is 4.79 Å². The molecule has 1 aromatic carbocycles. The molecule has 0 bridgehead atoms. The molecule has 1 aliphatic heterocycles. The molecule has 3 aromatic rings. The molecule has 0 unspecified atom stereocenters. The Kier molecular flexibility index (Phi) is 5.48. The van der Waals surface area contributed by atoms with E-state index >= 15 is 0 Å². The zero-order valence-electron chi connectivity index (χ0n) is 18.5. The summed E-state index contributed by atoms with van der Waals surface area (Å²) in [5, 5.41) is 4.78. The van der Waals surface area contributed by atoms with Crippen molar-refractivity contribution in [3.8, 4) is 5.69 Å². The van der Waals surface area contributed by atoms with E-state index in [1.165, 1.54) is 24.8 Å². The molecule has 0 radical (unpaired) electrons. The standard InChI is InChI=1S/C25H31N5O/c1-17-21(18(2)30(28-17)20-11-7-4-8-12-20)15-29-14-13-23-22(16-29)25(31)27-24(26-23)19-9-5-3-6-10-19/h4,7-8,11-12,19H,3,5-6,9-10,13-16H2,1-2H3,(H,26,27,31). The van der Waals surface area contributed by atoms with Gasteiger partial charge in [0.2, 0.25) is 0 Å². The third-order valence-electron chi connectivity index (χ3n) is 6.98. The lowest BCUT2D eigenvalue weighted by Gasteiger charge is -2.29.